The summed E-state index contributed by atoms with van der Waals surface area (Å²) in [6.07, 6.45) is -3.22. The number of alkyl halides is 3. The molecule has 1 atom stereocenters. The van der Waals surface area contributed by atoms with E-state index >= 15 is 0 Å². The van der Waals surface area contributed by atoms with Crippen molar-refractivity contribution >= 4 is 22.9 Å². The second-order valence-electron chi connectivity index (χ2n) is 6.29. The van der Waals surface area contributed by atoms with Crippen molar-refractivity contribution in [2.45, 2.75) is 32.1 Å². The van der Waals surface area contributed by atoms with Crippen LogP contribution in [-0.2, 0) is 15.7 Å². The standard InChI is InChI=1S/C18H20F3N3O4/c1-4-7-28-9-13(16(26)27)22-15(25)11-5-6-14-12(8-11)23-17(18(19,20)21)24(14)10(2)3/h4-6,8,10,13H,1,7,9H2,2-3H3,(H,22,25)(H,26,27)/t13-/m0/s1. The molecular formula is C18H20F3N3O4. The zero-order chi connectivity index (χ0) is 21.1. The molecular weight excluding hydrogens is 379 g/mol. The highest BCUT2D eigenvalue weighted by atomic mass is 19.4. The minimum Gasteiger partial charge on any atom is -0.480 e. The lowest BCUT2D eigenvalue weighted by atomic mass is 10.1. The van der Waals surface area contributed by atoms with Gasteiger partial charge in [0, 0.05) is 11.6 Å². The van der Waals surface area contributed by atoms with Gasteiger partial charge in [-0.2, -0.15) is 13.2 Å². The van der Waals surface area contributed by atoms with Crippen LogP contribution >= 0.6 is 0 Å². The lowest BCUT2D eigenvalue weighted by molar-refractivity contribution is -0.147. The van der Waals surface area contributed by atoms with Gasteiger partial charge in [-0.3, -0.25) is 4.79 Å². The number of imidazole rings is 1. The number of aliphatic carboxylic acids is 1. The first kappa shape index (κ1) is 21.4. The molecule has 7 nitrogen and oxygen atoms in total. The smallest absolute Gasteiger partial charge is 0.449 e. The van der Waals surface area contributed by atoms with Crippen molar-refractivity contribution < 1.29 is 32.6 Å². The van der Waals surface area contributed by atoms with Crippen LogP contribution in [0.1, 0.15) is 36.1 Å². The summed E-state index contributed by atoms with van der Waals surface area (Å²) < 4.78 is 45.9. The molecule has 0 saturated carbocycles. The predicted molar refractivity (Wildman–Crippen MR) is 95.0 cm³/mol. The summed E-state index contributed by atoms with van der Waals surface area (Å²) in [6.45, 7) is 6.45. The molecule has 1 aromatic carbocycles. The molecule has 0 bridgehead atoms. The summed E-state index contributed by atoms with van der Waals surface area (Å²) in [6, 6.07) is 2.06. The topological polar surface area (TPSA) is 93.5 Å². The molecule has 2 rings (SSSR count). The van der Waals surface area contributed by atoms with E-state index in [4.69, 9.17) is 9.84 Å². The van der Waals surface area contributed by atoms with E-state index in [1.54, 1.807) is 13.8 Å². The predicted octanol–water partition coefficient (Wildman–Crippen LogP) is 3.02. The highest BCUT2D eigenvalue weighted by Gasteiger charge is 2.38. The number of benzene rings is 1. The summed E-state index contributed by atoms with van der Waals surface area (Å²) >= 11 is 0. The van der Waals surface area contributed by atoms with Gasteiger partial charge in [-0.15, -0.1) is 6.58 Å². The normalized spacial score (nSPS) is 12.9. The number of rotatable bonds is 8. The minimum atomic E-state index is -4.65. The number of amides is 1. The number of halogens is 3. The van der Waals surface area contributed by atoms with Crippen LogP contribution in [0.3, 0.4) is 0 Å². The molecule has 10 heteroatoms. The van der Waals surface area contributed by atoms with Crippen molar-refractivity contribution in [2.75, 3.05) is 13.2 Å². The second kappa shape index (κ2) is 8.42. The Labute approximate surface area is 158 Å². The van der Waals surface area contributed by atoms with Gasteiger partial charge in [0.1, 0.15) is 0 Å². The van der Waals surface area contributed by atoms with Gasteiger partial charge in [0.25, 0.3) is 5.91 Å². The number of ether oxygens (including phenoxy) is 1. The number of hydrogen-bond acceptors (Lipinski definition) is 4. The van der Waals surface area contributed by atoms with Gasteiger partial charge in [-0.05, 0) is 32.0 Å². The minimum absolute atomic E-state index is 0.00963. The maximum atomic E-state index is 13.3. The van der Waals surface area contributed by atoms with Gasteiger partial charge in [0.2, 0.25) is 5.82 Å². The van der Waals surface area contributed by atoms with Gasteiger partial charge in [0.05, 0.1) is 24.2 Å². The molecule has 0 aliphatic heterocycles. The van der Waals surface area contributed by atoms with Crippen molar-refractivity contribution in [3.8, 4) is 0 Å². The Kier molecular flexibility index (Phi) is 6.45. The zero-order valence-electron chi connectivity index (χ0n) is 15.3. The first-order valence-corrected chi connectivity index (χ1v) is 8.37. The van der Waals surface area contributed by atoms with Crippen molar-refractivity contribution in [3.63, 3.8) is 0 Å². The molecule has 0 spiro atoms. The van der Waals surface area contributed by atoms with E-state index in [1.807, 2.05) is 0 Å². The fourth-order valence-corrected chi connectivity index (χ4v) is 2.65. The maximum absolute atomic E-state index is 13.3. The lowest BCUT2D eigenvalue weighted by Crippen LogP contribution is -2.44. The Balaban J connectivity index is 2.33. The van der Waals surface area contributed by atoms with Crippen molar-refractivity contribution in [2.24, 2.45) is 0 Å². The number of carbonyl (C=O) groups excluding carboxylic acids is 1. The quantitative estimate of drug-likeness (QED) is 0.526. The van der Waals surface area contributed by atoms with E-state index < -0.39 is 36.0 Å². The van der Waals surface area contributed by atoms with Gasteiger partial charge in [0.15, 0.2) is 6.04 Å². The third-order valence-electron chi connectivity index (χ3n) is 3.85. The van der Waals surface area contributed by atoms with E-state index in [9.17, 15) is 22.8 Å². The Morgan fingerprint density at radius 2 is 2.07 bits per heavy atom. The molecule has 0 radical (unpaired) electrons. The number of carbonyl (C=O) groups is 2. The fraction of sp³-hybridized carbons (Fsp3) is 0.389. The average molecular weight is 399 g/mol. The van der Waals surface area contributed by atoms with E-state index in [-0.39, 0.29) is 29.8 Å². The SMILES string of the molecule is C=CCOC[C@H](NC(=O)c1ccc2c(c1)nc(C(F)(F)F)n2C(C)C)C(=O)O. The molecule has 1 aromatic heterocycles. The number of carboxylic acid groups (broad SMARTS) is 1. The molecule has 28 heavy (non-hydrogen) atoms. The van der Waals surface area contributed by atoms with Gasteiger partial charge >= 0.3 is 12.1 Å². The number of fused-ring (bicyclic) bond motifs is 1. The van der Waals surface area contributed by atoms with Crippen LogP contribution in [0.2, 0.25) is 0 Å². The van der Waals surface area contributed by atoms with E-state index in [0.717, 1.165) is 4.57 Å². The Morgan fingerprint density at radius 1 is 1.39 bits per heavy atom. The molecule has 0 unspecified atom stereocenters. The van der Waals surface area contributed by atoms with Crippen LogP contribution in [0.25, 0.3) is 11.0 Å². The summed E-state index contributed by atoms with van der Waals surface area (Å²) in [4.78, 5) is 27.2. The van der Waals surface area contributed by atoms with Crippen molar-refractivity contribution in [1.29, 1.82) is 0 Å². The van der Waals surface area contributed by atoms with Crippen LogP contribution in [0.4, 0.5) is 13.2 Å². The Morgan fingerprint density at radius 3 is 2.61 bits per heavy atom. The number of nitrogens with one attached hydrogen (secondary N) is 1. The van der Waals surface area contributed by atoms with Crippen LogP contribution in [0.5, 0.6) is 0 Å². The lowest BCUT2D eigenvalue weighted by Gasteiger charge is -2.15. The maximum Gasteiger partial charge on any atom is 0.449 e. The number of carboxylic acids is 1. The summed E-state index contributed by atoms with van der Waals surface area (Å²) in [7, 11) is 0. The molecule has 0 aliphatic rings. The van der Waals surface area contributed by atoms with Gasteiger partial charge in [-0.25, -0.2) is 9.78 Å². The average Bonchev–Trinajstić information content (AvgIpc) is 3.00. The zero-order valence-corrected chi connectivity index (χ0v) is 15.3. The van der Waals surface area contributed by atoms with Crippen LogP contribution < -0.4 is 5.32 Å². The third-order valence-corrected chi connectivity index (χ3v) is 3.85. The van der Waals surface area contributed by atoms with Crippen LogP contribution in [0, 0.1) is 0 Å². The van der Waals surface area contributed by atoms with E-state index in [1.165, 1.54) is 24.3 Å². The first-order valence-electron chi connectivity index (χ1n) is 8.37. The Hall–Kier alpha value is -2.88. The molecule has 2 aromatic rings. The molecule has 1 amide bonds. The fourth-order valence-electron chi connectivity index (χ4n) is 2.65. The summed E-state index contributed by atoms with van der Waals surface area (Å²) in [5.41, 5.74) is 0.205. The van der Waals surface area contributed by atoms with Crippen molar-refractivity contribution in [1.82, 2.24) is 14.9 Å². The molecule has 0 aliphatic carbocycles. The molecule has 0 saturated heterocycles. The van der Waals surface area contributed by atoms with Gasteiger partial charge < -0.3 is 19.7 Å². The largest absolute Gasteiger partial charge is 0.480 e. The van der Waals surface area contributed by atoms with E-state index in [2.05, 4.69) is 16.9 Å². The van der Waals surface area contributed by atoms with Crippen molar-refractivity contribution in [3.05, 3.63) is 42.2 Å². The molecule has 0 fully saturated rings. The number of hydrogen-bond donors (Lipinski definition) is 2. The number of nitrogens with zero attached hydrogens (tertiary/aromatic N) is 2. The second-order valence-corrected chi connectivity index (χ2v) is 6.29. The highest BCUT2D eigenvalue weighted by molar-refractivity contribution is 5.99. The van der Waals surface area contributed by atoms with Crippen LogP contribution in [0.15, 0.2) is 30.9 Å². The monoisotopic (exact) mass is 399 g/mol. The van der Waals surface area contributed by atoms with Gasteiger partial charge in [-0.1, -0.05) is 6.08 Å². The first-order chi connectivity index (χ1) is 13.1. The molecule has 1 heterocycles. The summed E-state index contributed by atoms with van der Waals surface area (Å²) in [5, 5.41) is 11.4. The highest BCUT2D eigenvalue weighted by Crippen LogP contribution is 2.33. The van der Waals surface area contributed by atoms with Crippen LogP contribution in [-0.4, -0.2) is 45.8 Å². The molecule has 2 N–H and O–H groups in total. The van der Waals surface area contributed by atoms with E-state index in [0.29, 0.717) is 0 Å². The molecule has 152 valence electrons. The summed E-state index contributed by atoms with van der Waals surface area (Å²) in [5.74, 6) is -3.12. The number of aromatic nitrogens is 2. The third kappa shape index (κ3) is 4.69. The Bertz CT molecular complexity index is 890.